The summed E-state index contributed by atoms with van der Waals surface area (Å²) in [7, 11) is -0.313. The van der Waals surface area contributed by atoms with E-state index in [1.54, 1.807) is 4.90 Å². The molecule has 9 nitrogen and oxygen atoms in total. The van der Waals surface area contributed by atoms with Crippen LogP contribution in [0, 0.1) is 0 Å². The van der Waals surface area contributed by atoms with Crippen LogP contribution in [0.5, 0.6) is 0 Å². The van der Waals surface area contributed by atoms with Gasteiger partial charge >= 0.3 is 13.1 Å². The van der Waals surface area contributed by atoms with E-state index in [0.717, 1.165) is 12.0 Å². The van der Waals surface area contributed by atoms with Gasteiger partial charge in [-0.3, -0.25) is 4.79 Å². The molecule has 0 saturated carbocycles. The van der Waals surface area contributed by atoms with Crippen LogP contribution in [0.1, 0.15) is 72.3 Å². The van der Waals surface area contributed by atoms with E-state index < -0.39 is 22.7 Å². The third-order valence-corrected chi connectivity index (χ3v) is 7.55. The molecule has 190 valence electrons. The molecule has 0 unspecified atom stereocenters. The number of benzene rings is 1. The Balaban J connectivity index is 1.73. The standard InChI is InChI=1S/C25H37BN4O5/c1-19(31)30-16-13-21(28-29-27)17-25(30,22(32)33-18-20-11-7-6-8-12-20)14-9-10-15-26-34-23(2,3)24(4,5)35-26/h6-8,11-12,21H,9-10,13-18H2,1-5H3/t21-,25-/m0/s1. The minimum absolute atomic E-state index is 0.118. The molecule has 0 radical (unpaired) electrons. The predicted molar refractivity (Wildman–Crippen MR) is 133 cm³/mol. The van der Waals surface area contributed by atoms with Crippen LogP contribution in [-0.4, -0.2) is 53.2 Å². The van der Waals surface area contributed by atoms with Gasteiger partial charge in [0.15, 0.2) is 0 Å². The lowest BCUT2D eigenvalue weighted by atomic mass is 9.77. The molecule has 3 rings (SSSR count). The lowest BCUT2D eigenvalue weighted by Gasteiger charge is -2.46. The molecular formula is C25H37BN4O5. The molecule has 2 atom stereocenters. The zero-order valence-electron chi connectivity index (χ0n) is 21.5. The quantitative estimate of drug-likeness (QED) is 0.122. The summed E-state index contributed by atoms with van der Waals surface area (Å²) in [4.78, 5) is 30.8. The van der Waals surface area contributed by atoms with Crippen molar-refractivity contribution >= 4 is 19.0 Å². The fourth-order valence-electron chi connectivity index (χ4n) is 4.93. The number of hydrogen-bond acceptors (Lipinski definition) is 6. The Kier molecular flexibility index (Phi) is 8.52. The van der Waals surface area contributed by atoms with Crippen LogP contribution in [0.25, 0.3) is 10.4 Å². The Morgan fingerprint density at radius 1 is 1.17 bits per heavy atom. The largest absolute Gasteiger partial charge is 0.459 e. The molecule has 10 heteroatoms. The Morgan fingerprint density at radius 2 is 1.83 bits per heavy atom. The maximum atomic E-state index is 13.6. The van der Waals surface area contributed by atoms with Gasteiger partial charge in [0.25, 0.3) is 0 Å². The van der Waals surface area contributed by atoms with Gasteiger partial charge in [-0.1, -0.05) is 48.3 Å². The number of amides is 1. The van der Waals surface area contributed by atoms with E-state index in [9.17, 15) is 9.59 Å². The van der Waals surface area contributed by atoms with Crippen molar-refractivity contribution in [2.45, 2.75) is 102 Å². The van der Waals surface area contributed by atoms with E-state index in [0.29, 0.717) is 32.1 Å². The Morgan fingerprint density at radius 3 is 2.43 bits per heavy atom. The SMILES string of the molecule is CC(=O)N1CC[C@H](N=[N+]=[N-])C[C@@]1(CCCCB1OC(C)(C)C(C)(C)O1)C(=O)OCc1ccccc1. The van der Waals surface area contributed by atoms with Crippen molar-refractivity contribution in [3.05, 3.63) is 46.3 Å². The van der Waals surface area contributed by atoms with Crippen LogP contribution in [0.15, 0.2) is 35.4 Å². The van der Waals surface area contributed by atoms with Gasteiger partial charge in [-0.25, -0.2) is 4.79 Å². The summed E-state index contributed by atoms with van der Waals surface area (Å²) in [6.45, 7) is 10.0. The molecule has 2 saturated heterocycles. The van der Waals surface area contributed by atoms with Crippen LogP contribution in [-0.2, 0) is 30.2 Å². The number of likely N-dealkylation sites (tertiary alicyclic amines) is 1. The Labute approximate surface area is 208 Å². The second kappa shape index (κ2) is 11.0. The zero-order valence-corrected chi connectivity index (χ0v) is 21.5. The number of unbranched alkanes of at least 4 members (excludes halogenated alkanes) is 1. The molecule has 2 aliphatic heterocycles. The number of nitrogens with zero attached hydrogens (tertiary/aromatic N) is 4. The summed E-state index contributed by atoms with van der Waals surface area (Å²) >= 11 is 0. The van der Waals surface area contributed by atoms with Gasteiger partial charge in [-0.05, 0) is 64.4 Å². The summed E-state index contributed by atoms with van der Waals surface area (Å²) < 4.78 is 17.9. The first kappa shape index (κ1) is 27.0. The molecule has 2 fully saturated rings. The highest BCUT2D eigenvalue weighted by Gasteiger charge is 2.52. The summed E-state index contributed by atoms with van der Waals surface area (Å²) in [6.07, 6.45) is 3.28. The fraction of sp³-hybridized carbons (Fsp3) is 0.680. The lowest BCUT2D eigenvalue weighted by molar-refractivity contribution is -0.169. The number of rotatable bonds is 9. The molecule has 1 amide bonds. The van der Waals surface area contributed by atoms with Crippen LogP contribution in [0.4, 0.5) is 0 Å². The van der Waals surface area contributed by atoms with Gasteiger partial charge in [0, 0.05) is 24.4 Å². The van der Waals surface area contributed by atoms with E-state index in [-0.39, 0.29) is 32.1 Å². The van der Waals surface area contributed by atoms with Crippen LogP contribution >= 0.6 is 0 Å². The van der Waals surface area contributed by atoms with Crippen molar-refractivity contribution in [2.24, 2.45) is 5.11 Å². The number of piperidine rings is 1. The number of carbonyl (C=O) groups excluding carboxylic acids is 2. The van der Waals surface area contributed by atoms with Crippen LogP contribution in [0.3, 0.4) is 0 Å². The van der Waals surface area contributed by atoms with E-state index in [1.165, 1.54) is 6.92 Å². The molecular weight excluding hydrogens is 447 g/mol. The molecule has 0 bridgehead atoms. The maximum Gasteiger partial charge on any atom is 0.457 e. The number of ether oxygens (including phenoxy) is 1. The van der Waals surface area contributed by atoms with E-state index in [2.05, 4.69) is 10.0 Å². The summed E-state index contributed by atoms with van der Waals surface area (Å²) in [5, 5.41) is 3.89. The first-order valence-electron chi connectivity index (χ1n) is 12.4. The molecule has 1 aromatic carbocycles. The van der Waals surface area contributed by atoms with Gasteiger partial charge in [-0.2, -0.15) is 0 Å². The molecule has 0 aromatic heterocycles. The second-order valence-electron chi connectivity index (χ2n) is 10.5. The summed E-state index contributed by atoms with van der Waals surface area (Å²) in [5.74, 6) is -0.642. The second-order valence-corrected chi connectivity index (χ2v) is 10.5. The van der Waals surface area contributed by atoms with E-state index >= 15 is 0 Å². The average Bonchev–Trinajstić information content (AvgIpc) is 3.01. The minimum Gasteiger partial charge on any atom is -0.459 e. The van der Waals surface area contributed by atoms with Crippen molar-refractivity contribution in [2.75, 3.05) is 6.54 Å². The molecule has 1 aromatic rings. The predicted octanol–water partition coefficient (Wildman–Crippen LogP) is 5.05. The summed E-state index contributed by atoms with van der Waals surface area (Å²) in [5.41, 5.74) is 7.92. The van der Waals surface area contributed by atoms with Crippen molar-refractivity contribution in [3.8, 4) is 0 Å². The topological polar surface area (TPSA) is 114 Å². The highest BCUT2D eigenvalue weighted by atomic mass is 16.7. The molecule has 0 aliphatic carbocycles. The Bertz CT molecular complexity index is 934. The van der Waals surface area contributed by atoms with Crippen molar-refractivity contribution in [1.82, 2.24) is 4.90 Å². The van der Waals surface area contributed by atoms with Crippen LogP contribution in [0.2, 0.25) is 6.32 Å². The van der Waals surface area contributed by atoms with E-state index in [1.807, 2.05) is 58.0 Å². The van der Waals surface area contributed by atoms with Crippen molar-refractivity contribution in [1.29, 1.82) is 0 Å². The first-order chi connectivity index (χ1) is 16.5. The lowest BCUT2D eigenvalue weighted by Crippen LogP contribution is -2.61. The van der Waals surface area contributed by atoms with Crippen LogP contribution < -0.4 is 0 Å². The summed E-state index contributed by atoms with van der Waals surface area (Å²) in [6, 6.07) is 9.07. The number of esters is 1. The average molecular weight is 484 g/mol. The third kappa shape index (κ3) is 6.18. The normalized spacial score (nSPS) is 25.1. The number of hydrogen-bond donors (Lipinski definition) is 0. The fourth-order valence-corrected chi connectivity index (χ4v) is 4.93. The van der Waals surface area contributed by atoms with Gasteiger partial charge < -0.3 is 18.9 Å². The van der Waals surface area contributed by atoms with Crippen molar-refractivity contribution in [3.63, 3.8) is 0 Å². The highest BCUT2D eigenvalue weighted by molar-refractivity contribution is 6.45. The van der Waals surface area contributed by atoms with E-state index in [4.69, 9.17) is 19.6 Å². The third-order valence-electron chi connectivity index (χ3n) is 7.55. The smallest absolute Gasteiger partial charge is 0.457 e. The van der Waals surface area contributed by atoms with Crippen molar-refractivity contribution < 1.29 is 23.6 Å². The minimum atomic E-state index is -1.17. The van der Waals surface area contributed by atoms with Gasteiger partial charge in [0.1, 0.15) is 12.1 Å². The number of azide groups is 1. The van der Waals surface area contributed by atoms with Gasteiger partial charge in [0.2, 0.25) is 5.91 Å². The van der Waals surface area contributed by atoms with Gasteiger partial charge in [0.05, 0.1) is 11.2 Å². The monoisotopic (exact) mass is 484 g/mol. The molecule has 2 heterocycles. The molecule has 0 N–H and O–H groups in total. The zero-order chi connectivity index (χ0) is 25.7. The maximum absolute atomic E-state index is 13.6. The molecule has 0 spiro atoms. The molecule has 35 heavy (non-hydrogen) atoms. The Hall–Kier alpha value is -2.55. The number of carbonyl (C=O) groups is 2. The molecule has 2 aliphatic rings. The highest BCUT2D eigenvalue weighted by Crippen LogP contribution is 2.39. The first-order valence-corrected chi connectivity index (χ1v) is 12.4. The van der Waals surface area contributed by atoms with Gasteiger partial charge in [-0.15, -0.1) is 0 Å².